The fourth-order valence-electron chi connectivity index (χ4n) is 4.81. The van der Waals surface area contributed by atoms with Crippen LogP contribution in [0.4, 0.5) is 5.69 Å². The quantitative estimate of drug-likeness (QED) is 0.302. The second-order valence-corrected chi connectivity index (χ2v) is 10.6. The summed E-state index contributed by atoms with van der Waals surface area (Å²) in [6, 6.07) is 21.5. The van der Waals surface area contributed by atoms with E-state index in [-0.39, 0.29) is 36.0 Å². The van der Waals surface area contributed by atoms with Gasteiger partial charge in [-0.3, -0.25) is 23.5 Å². The van der Waals surface area contributed by atoms with Crippen molar-refractivity contribution < 1.29 is 14.3 Å². The number of carbonyl (C=O) groups excluding carboxylic acids is 2. The summed E-state index contributed by atoms with van der Waals surface area (Å²) in [5.41, 5.74) is 1.07. The molecule has 1 aromatic heterocycles. The predicted octanol–water partition coefficient (Wildman–Crippen LogP) is 3.72. The minimum Gasteiger partial charge on any atom is -0.376 e. The molecule has 1 aliphatic rings. The SMILES string of the molecule is O=C(Cn1c(=O)n(CC2CCCO2)c(=O)c2ccc(C(=O)NCCc3ccccc3)cc21)Nc1ccc(Br)cc1. The summed E-state index contributed by atoms with van der Waals surface area (Å²) < 4.78 is 8.91. The van der Waals surface area contributed by atoms with Gasteiger partial charge in [-0.25, -0.2) is 4.79 Å². The van der Waals surface area contributed by atoms with Crippen LogP contribution in [-0.2, 0) is 29.0 Å². The van der Waals surface area contributed by atoms with Gasteiger partial charge < -0.3 is 15.4 Å². The van der Waals surface area contributed by atoms with Crippen LogP contribution in [0.5, 0.6) is 0 Å². The minimum atomic E-state index is -0.624. The summed E-state index contributed by atoms with van der Waals surface area (Å²) in [6.45, 7) is 0.770. The standard InChI is InChI=1S/C30H29BrN4O5/c31-22-9-11-23(12-10-22)33-27(36)19-34-26-17-21(28(37)32-15-14-20-5-2-1-3-6-20)8-13-25(26)29(38)35(30(34)39)18-24-7-4-16-40-24/h1-3,5-6,8-13,17,24H,4,7,14-16,18-19H2,(H,32,37)(H,33,36). The van der Waals surface area contributed by atoms with E-state index in [1.165, 1.54) is 10.6 Å². The van der Waals surface area contributed by atoms with Crippen molar-refractivity contribution in [1.82, 2.24) is 14.5 Å². The van der Waals surface area contributed by atoms with E-state index in [0.717, 1.165) is 27.4 Å². The van der Waals surface area contributed by atoms with E-state index in [1.54, 1.807) is 36.4 Å². The lowest BCUT2D eigenvalue weighted by Gasteiger charge is -2.17. The zero-order valence-corrected chi connectivity index (χ0v) is 23.4. The van der Waals surface area contributed by atoms with Crippen LogP contribution < -0.4 is 21.9 Å². The molecular weight excluding hydrogens is 576 g/mol. The van der Waals surface area contributed by atoms with Gasteiger partial charge in [0.25, 0.3) is 11.5 Å². The Balaban J connectivity index is 1.46. The minimum absolute atomic E-state index is 0.101. The smallest absolute Gasteiger partial charge is 0.332 e. The van der Waals surface area contributed by atoms with Crippen molar-refractivity contribution in [3.8, 4) is 0 Å². The summed E-state index contributed by atoms with van der Waals surface area (Å²) in [4.78, 5) is 53.0. The van der Waals surface area contributed by atoms with Gasteiger partial charge in [-0.05, 0) is 67.3 Å². The first kappa shape index (κ1) is 27.5. The van der Waals surface area contributed by atoms with Crippen molar-refractivity contribution in [2.24, 2.45) is 0 Å². The molecule has 0 bridgehead atoms. The number of halogens is 1. The molecule has 1 unspecified atom stereocenters. The number of ether oxygens (including phenoxy) is 1. The molecule has 10 heteroatoms. The number of anilines is 1. The molecule has 1 aliphatic heterocycles. The topological polar surface area (TPSA) is 111 Å². The lowest BCUT2D eigenvalue weighted by molar-refractivity contribution is -0.116. The van der Waals surface area contributed by atoms with E-state index < -0.39 is 17.2 Å². The van der Waals surface area contributed by atoms with Crippen LogP contribution in [0.25, 0.3) is 10.9 Å². The number of hydrogen-bond donors (Lipinski definition) is 2. The van der Waals surface area contributed by atoms with E-state index >= 15 is 0 Å². The third-order valence-electron chi connectivity index (χ3n) is 6.87. The van der Waals surface area contributed by atoms with Crippen LogP contribution in [0, 0.1) is 0 Å². The average molecular weight is 605 g/mol. The van der Waals surface area contributed by atoms with Gasteiger partial charge in [0, 0.05) is 28.9 Å². The largest absolute Gasteiger partial charge is 0.376 e. The molecule has 0 saturated carbocycles. The van der Waals surface area contributed by atoms with E-state index in [9.17, 15) is 19.2 Å². The van der Waals surface area contributed by atoms with Crippen molar-refractivity contribution in [3.05, 3.63) is 109 Å². The molecule has 206 valence electrons. The molecule has 4 aromatic rings. The maximum Gasteiger partial charge on any atom is 0.332 e. The first-order valence-electron chi connectivity index (χ1n) is 13.2. The second kappa shape index (κ2) is 12.4. The molecule has 0 spiro atoms. The molecule has 0 radical (unpaired) electrons. The predicted molar refractivity (Wildman–Crippen MR) is 157 cm³/mol. The molecule has 3 aromatic carbocycles. The van der Waals surface area contributed by atoms with E-state index in [4.69, 9.17) is 4.74 Å². The third-order valence-corrected chi connectivity index (χ3v) is 7.40. The zero-order valence-electron chi connectivity index (χ0n) is 21.8. The number of carbonyl (C=O) groups is 2. The van der Waals surface area contributed by atoms with Gasteiger partial charge in [0.1, 0.15) is 6.54 Å². The Morgan fingerprint density at radius 2 is 1.75 bits per heavy atom. The summed E-state index contributed by atoms with van der Waals surface area (Å²) in [7, 11) is 0. The Bertz CT molecular complexity index is 1640. The number of aromatic nitrogens is 2. The monoisotopic (exact) mass is 604 g/mol. The van der Waals surface area contributed by atoms with E-state index in [1.807, 2.05) is 30.3 Å². The number of benzene rings is 3. The van der Waals surface area contributed by atoms with Gasteiger partial charge in [0.2, 0.25) is 5.91 Å². The van der Waals surface area contributed by atoms with Crippen LogP contribution in [0.3, 0.4) is 0 Å². The van der Waals surface area contributed by atoms with Gasteiger partial charge in [-0.2, -0.15) is 0 Å². The summed E-state index contributed by atoms with van der Waals surface area (Å²) in [5, 5.41) is 5.92. The van der Waals surface area contributed by atoms with Gasteiger partial charge >= 0.3 is 5.69 Å². The number of fused-ring (bicyclic) bond motifs is 1. The van der Waals surface area contributed by atoms with Crippen LogP contribution in [0.1, 0.15) is 28.8 Å². The molecule has 1 fully saturated rings. The molecule has 2 heterocycles. The molecule has 0 aliphatic carbocycles. The molecule has 9 nitrogen and oxygen atoms in total. The van der Waals surface area contributed by atoms with Gasteiger partial charge in [0.05, 0.1) is 23.6 Å². The van der Waals surface area contributed by atoms with Crippen molar-refractivity contribution in [2.45, 2.75) is 38.5 Å². The fraction of sp³-hybridized carbons (Fsp3) is 0.267. The first-order valence-corrected chi connectivity index (χ1v) is 13.9. The Labute approximate surface area is 238 Å². The highest BCUT2D eigenvalue weighted by molar-refractivity contribution is 9.10. The van der Waals surface area contributed by atoms with Crippen molar-refractivity contribution in [3.63, 3.8) is 0 Å². The number of rotatable bonds is 9. The van der Waals surface area contributed by atoms with Crippen molar-refractivity contribution in [1.29, 1.82) is 0 Å². The first-order chi connectivity index (χ1) is 19.4. The maximum absolute atomic E-state index is 13.6. The molecule has 2 amide bonds. The Kier molecular flexibility index (Phi) is 8.57. The molecule has 1 atom stereocenters. The Hall–Kier alpha value is -4.02. The maximum atomic E-state index is 13.6. The van der Waals surface area contributed by atoms with Crippen LogP contribution in [0.2, 0.25) is 0 Å². The van der Waals surface area contributed by atoms with Crippen LogP contribution in [0.15, 0.2) is 86.9 Å². The van der Waals surface area contributed by atoms with Gasteiger partial charge in [-0.1, -0.05) is 46.3 Å². The normalized spacial score (nSPS) is 14.8. The van der Waals surface area contributed by atoms with Crippen molar-refractivity contribution >= 4 is 44.3 Å². The summed E-state index contributed by atoms with van der Waals surface area (Å²) in [5.74, 6) is -0.773. The number of hydrogen-bond acceptors (Lipinski definition) is 5. The lowest BCUT2D eigenvalue weighted by atomic mass is 10.1. The lowest BCUT2D eigenvalue weighted by Crippen LogP contribution is -2.43. The molecule has 5 rings (SSSR count). The molecular formula is C30H29BrN4O5. The zero-order chi connectivity index (χ0) is 28.1. The molecule has 1 saturated heterocycles. The molecule has 40 heavy (non-hydrogen) atoms. The average Bonchev–Trinajstić information content (AvgIpc) is 3.48. The Morgan fingerprint density at radius 1 is 0.975 bits per heavy atom. The number of amides is 2. The second-order valence-electron chi connectivity index (χ2n) is 9.70. The van der Waals surface area contributed by atoms with Gasteiger partial charge in [-0.15, -0.1) is 0 Å². The number of nitrogens with zero attached hydrogens (tertiary/aromatic N) is 2. The molecule has 2 N–H and O–H groups in total. The Morgan fingerprint density at radius 3 is 2.48 bits per heavy atom. The van der Waals surface area contributed by atoms with Gasteiger partial charge in [0.15, 0.2) is 0 Å². The van der Waals surface area contributed by atoms with Crippen LogP contribution in [-0.4, -0.2) is 40.2 Å². The highest BCUT2D eigenvalue weighted by atomic mass is 79.9. The van der Waals surface area contributed by atoms with E-state index in [2.05, 4.69) is 26.6 Å². The van der Waals surface area contributed by atoms with Crippen molar-refractivity contribution in [2.75, 3.05) is 18.5 Å². The summed E-state index contributed by atoms with van der Waals surface area (Å²) >= 11 is 3.37. The third kappa shape index (κ3) is 6.40. The van der Waals surface area contributed by atoms with Crippen LogP contribution >= 0.6 is 15.9 Å². The van der Waals surface area contributed by atoms with E-state index in [0.29, 0.717) is 30.8 Å². The fourth-order valence-corrected chi connectivity index (χ4v) is 5.07. The summed E-state index contributed by atoms with van der Waals surface area (Å²) in [6.07, 6.45) is 2.02. The number of nitrogens with one attached hydrogen (secondary N) is 2. The highest BCUT2D eigenvalue weighted by Crippen LogP contribution is 2.17. The highest BCUT2D eigenvalue weighted by Gasteiger charge is 2.22.